The molecule has 20 heavy (non-hydrogen) atoms. The summed E-state index contributed by atoms with van der Waals surface area (Å²) in [7, 11) is -2.91. The summed E-state index contributed by atoms with van der Waals surface area (Å²) in [5.41, 5.74) is -0.0950. The first-order chi connectivity index (χ1) is 9.47. The van der Waals surface area contributed by atoms with Gasteiger partial charge < -0.3 is 4.74 Å². The van der Waals surface area contributed by atoms with Gasteiger partial charge in [0.25, 0.3) is 5.69 Å². The zero-order valence-corrected chi connectivity index (χ0v) is 11.7. The van der Waals surface area contributed by atoms with Crippen molar-refractivity contribution in [3.05, 3.63) is 34.4 Å². The van der Waals surface area contributed by atoms with E-state index in [1.165, 1.54) is 24.3 Å². The molecular weight excluding hydrogens is 284 g/mol. The van der Waals surface area contributed by atoms with Gasteiger partial charge in [0.15, 0.2) is 0 Å². The summed E-state index contributed by atoms with van der Waals surface area (Å²) in [6.45, 7) is 1.79. The highest BCUT2D eigenvalue weighted by atomic mass is 32.2. The predicted molar refractivity (Wildman–Crippen MR) is 72.0 cm³/mol. The van der Waals surface area contributed by atoms with Gasteiger partial charge in [-0.25, -0.2) is 9.00 Å². The van der Waals surface area contributed by atoms with E-state index in [-0.39, 0.29) is 17.5 Å². The first-order valence-electron chi connectivity index (χ1n) is 6.14. The van der Waals surface area contributed by atoms with E-state index >= 15 is 0 Å². The number of hydrogen-bond donors (Lipinski definition) is 0. The van der Waals surface area contributed by atoms with Gasteiger partial charge in [-0.2, -0.15) is 0 Å². The van der Waals surface area contributed by atoms with Crippen molar-refractivity contribution in [3.63, 3.8) is 0 Å². The summed E-state index contributed by atoms with van der Waals surface area (Å²) in [6.07, 6.45) is 0.583. The molecule has 1 unspecified atom stereocenters. The number of rotatable bonds is 4. The molecular formula is C12H14N2O5S. The topological polar surface area (TPSA) is 98.9 Å². The lowest BCUT2D eigenvalue weighted by Crippen LogP contribution is -2.11. The maximum atomic E-state index is 12.9. The maximum Gasteiger partial charge on any atom is 0.442 e. The van der Waals surface area contributed by atoms with Crippen molar-refractivity contribution < 1.29 is 18.7 Å². The average molecular weight is 298 g/mol. The molecule has 0 saturated heterocycles. The minimum absolute atomic E-state index is 0.0950. The second kappa shape index (κ2) is 5.58. The molecule has 0 radical (unpaired) electrons. The van der Waals surface area contributed by atoms with Crippen molar-refractivity contribution in [2.45, 2.75) is 29.9 Å². The molecule has 0 N–H and O–H groups in total. The summed E-state index contributed by atoms with van der Waals surface area (Å²) in [4.78, 5) is 21.9. The standard InChI is InChI=1S/C12H14N2O5S/c1-2-19-12(15)13-20(18,11-7-8-11)10-5-3-9(4-6-10)14(16)17/h3-6,11H,2,7-8H2,1H3. The van der Waals surface area contributed by atoms with Gasteiger partial charge in [-0.15, -0.1) is 4.36 Å². The van der Waals surface area contributed by atoms with E-state index in [4.69, 9.17) is 4.74 Å². The third-order valence-corrected chi connectivity index (χ3v) is 5.58. The number of hydrogen-bond acceptors (Lipinski definition) is 5. The highest BCUT2D eigenvalue weighted by molar-refractivity contribution is 7.94. The lowest BCUT2D eigenvalue weighted by Gasteiger charge is -2.08. The Balaban J connectivity index is 2.40. The van der Waals surface area contributed by atoms with Crippen molar-refractivity contribution in [3.8, 4) is 0 Å². The number of carbonyl (C=O) groups excluding carboxylic acids is 1. The SMILES string of the molecule is CCOC(=O)N=S(=O)(c1ccc([N+](=O)[O-])cc1)C1CC1. The van der Waals surface area contributed by atoms with E-state index in [1.807, 2.05) is 0 Å². The molecule has 0 bridgehead atoms. The van der Waals surface area contributed by atoms with Crippen LogP contribution in [0, 0.1) is 10.1 Å². The van der Waals surface area contributed by atoms with Crippen molar-refractivity contribution in [2.75, 3.05) is 6.61 Å². The molecule has 7 nitrogen and oxygen atoms in total. The molecule has 0 aromatic heterocycles. The second-order valence-electron chi connectivity index (χ2n) is 4.31. The number of ether oxygens (including phenoxy) is 1. The summed E-state index contributed by atoms with van der Waals surface area (Å²) < 4.78 is 21.3. The fraction of sp³-hybridized carbons (Fsp3) is 0.417. The normalized spacial score (nSPS) is 17.1. The largest absolute Gasteiger partial charge is 0.448 e. The molecule has 1 saturated carbocycles. The Morgan fingerprint density at radius 3 is 2.50 bits per heavy atom. The number of non-ortho nitro benzene ring substituents is 1. The van der Waals surface area contributed by atoms with Crippen LogP contribution < -0.4 is 0 Å². The lowest BCUT2D eigenvalue weighted by atomic mass is 10.3. The second-order valence-corrected chi connectivity index (χ2v) is 6.77. The van der Waals surface area contributed by atoms with Crippen LogP contribution in [0.3, 0.4) is 0 Å². The Morgan fingerprint density at radius 1 is 1.45 bits per heavy atom. The van der Waals surface area contributed by atoms with Crippen LogP contribution in [-0.4, -0.2) is 27.1 Å². The molecule has 1 aromatic carbocycles. The van der Waals surface area contributed by atoms with Gasteiger partial charge in [-0.3, -0.25) is 10.1 Å². The lowest BCUT2D eigenvalue weighted by molar-refractivity contribution is -0.384. The molecule has 1 fully saturated rings. The van der Waals surface area contributed by atoms with Crippen molar-refractivity contribution in [1.82, 2.24) is 0 Å². The fourth-order valence-electron chi connectivity index (χ4n) is 1.73. The van der Waals surface area contributed by atoms with Crippen LogP contribution in [0.4, 0.5) is 10.5 Å². The van der Waals surface area contributed by atoms with Crippen molar-refractivity contribution >= 4 is 21.5 Å². The molecule has 1 atom stereocenters. The molecule has 8 heteroatoms. The zero-order chi connectivity index (χ0) is 14.8. The minimum atomic E-state index is -2.91. The first-order valence-corrected chi connectivity index (χ1v) is 7.72. The van der Waals surface area contributed by atoms with Gasteiger partial charge in [-0.1, -0.05) is 0 Å². The number of carbonyl (C=O) groups is 1. The van der Waals surface area contributed by atoms with E-state index in [1.54, 1.807) is 6.92 Å². The van der Waals surface area contributed by atoms with Crippen LogP contribution in [-0.2, 0) is 14.5 Å². The number of amides is 1. The minimum Gasteiger partial charge on any atom is -0.448 e. The Morgan fingerprint density at radius 2 is 2.05 bits per heavy atom. The third-order valence-electron chi connectivity index (χ3n) is 2.84. The molecule has 108 valence electrons. The quantitative estimate of drug-likeness (QED) is 0.628. The molecule has 0 spiro atoms. The van der Waals surface area contributed by atoms with Gasteiger partial charge in [0.1, 0.15) is 0 Å². The van der Waals surface area contributed by atoms with Gasteiger partial charge in [0.2, 0.25) is 0 Å². The molecule has 1 aliphatic rings. The summed E-state index contributed by atoms with van der Waals surface area (Å²) in [6, 6.07) is 5.30. The van der Waals surface area contributed by atoms with Crippen molar-refractivity contribution in [2.24, 2.45) is 4.36 Å². The number of nitro groups is 1. The van der Waals surface area contributed by atoms with E-state index in [0.29, 0.717) is 4.90 Å². The fourth-order valence-corrected chi connectivity index (χ4v) is 3.95. The number of nitro benzene ring substituents is 1. The first kappa shape index (κ1) is 14.4. The van der Waals surface area contributed by atoms with E-state index in [2.05, 4.69) is 4.36 Å². The predicted octanol–water partition coefficient (Wildman–Crippen LogP) is 2.74. The number of nitrogens with zero attached hydrogens (tertiary/aromatic N) is 2. The van der Waals surface area contributed by atoms with Gasteiger partial charge >= 0.3 is 6.09 Å². The summed E-state index contributed by atoms with van der Waals surface area (Å²) in [5.74, 6) is 0. The van der Waals surface area contributed by atoms with Gasteiger partial charge in [-0.05, 0) is 31.9 Å². The molecule has 1 aromatic rings. The van der Waals surface area contributed by atoms with E-state index < -0.39 is 20.7 Å². The molecule has 2 rings (SSSR count). The maximum absolute atomic E-state index is 12.9. The average Bonchev–Trinajstić information content (AvgIpc) is 3.23. The molecule has 1 amide bonds. The Hall–Kier alpha value is -1.96. The number of benzene rings is 1. The Kier molecular flexibility index (Phi) is 4.03. The summed E-state index contributed by atoms with van der Waals surface area (Å²) >= 11 is 0. The van der Waals surface area contributed by atoms with E-state index in [9.17, 15) is 19.1 Å². The highest BCUT2D eigenvalue weighted by Crippen LogP contribution is 2.36. The monoisotopic (exact) mass is 298 g/mol. The van der Waals surface area contributed by atoms with E-state index in [0.717, 1.165) is 12.8 Å². The Labute approximate surface area is 116 Å². The van der Waals surface area contributed by atoms with Crippen LogP contribution in [0.5, 0.6) is 0 Å². The zero-order valence-electron chi connectivity index (χ0n) is 10.9. The molecule has 0 heterocycles. The van der Waals surface area contributed by atoms with Crippen LogP contribution in [0.15, 0.2) is 33.5 Å². The highest BCUT2D eigenvalue weighted by Gasteiger charge is 2.36. The van der Waals surface area contributed by atoms with Gasteiger partial charge in [0.05, 0.1) is 21.3 Å². The molecule has 0 aliphatic heterocycles. The van der Waals surface area contributed by atoms with Gasteiger partial charge in [0, 0.05) is 22.3 Å². The Bertz CT molecular complexity index is 642. The van der Waals surface area contributed by atoms with Crippen LogP contribution in [0.1, 0.15) is 19.8 Å². The smallest absolute Gasteiger partial charge is 0.442 e. The summed E-state index contributed by atoms with van der Waals surface area (Å²) in [5, 5.41) is 10.4. The van der Waals surface area contributed by atoms with Crippen molar-refractivity contribution in [1.29, 1.82) is 0 Å². The molecule has 1 aliphatic carbocycles. The van der Waals surface area contributed by atoms with Crippen LogP contribution in [0.2, 0.25) is 0 Å². The van der Waals surface area contributed by atoms with Crippen LogP contribution in [0.25, 0.3) is 0 Å². The third kappa shape index (κ3) is 2.96. The van der Waals surface area contributed by atoms with Crippen LogP contribution >= 0.6 is 0 Å².